The fourth-order valence-electron chi connectivity index (χ4n) is 3.18. The lowest BCUT2D eigenvalue weighted by Crippen LogP contribution is -2.36. The minimum Gasteiger partial charge on any atom is -0.496 e. The van der Waals surface area contributed by atoms with Gasteiger partial charge in [-0.1, -0.05) is 24.3 Å². The Morgan fingerprint density at radius 2 is 1.91 bits per heavy atom. The van der Waals surface area contributed by atoms with E-state index in [1.165, 1.54) is 0 Å². The molecule has 7 nitrogen and oxygen atoms in total. The minimum atomic E-state index is -0.149. The maximum absolute atomic E-state index is 12.5. The zero-order valence-corrected chi connectivity index (χ0v) is 18.8. The smallest absolute Gasteiger partial charge is 0.251 e. The van der Waals surface area contributed by atoms with Crippen LogP contribution in [0.15, 0.2) is 70.3 Å². The van der Waals surface area contributed by atoms with E-state index in [1.54, 1.807) is 25.5 Å². The van der Waals surface area contributed by atoms with E-state index in [1.807, 2.05) is 44.2 Å². The number of nitrogens with zero attached hydrogens (tertiary/aromatic N) is 1. The van der Waals surface area contributed by atoms with Crippen LogP contribution in [-0.4, -0.2) is 25.5 Å². The van der Waals surface area contributed by atoms with Crippen LogP contribution in [-0.2, 0) is 19.6 Å². The summed E-state index contributed by atoms with van der Waals surface area (Å²) in [4.78, 5) is 17.1. The van der Waals surface area contributed by atoms with E-state index in [9.17, 15) is 4.79 Å². The van der Waals surface area contributed by atoms with Crippen molar-refractivity contribution in [3.63, 3.8) is 0 Å². The molecule has 0 bridgehead atoms. The van der Waals surface area contributed by atoms with Gasteiger partial charge < -0.3 is 25.1 Å². The average molecular weight is 435 g/mol. The molecule has 1 aromatic heterocycles. The van der Waals surface area contributed by atoms with Gasteiger partial charge in [0.25, 0.3) is 5.91 Å². The van der Waals surface area contributed by atoms with Gasteiger partial charge in [-0.15, -0.1) is 0 Å². The molecule has 0 aliphatic carbocycles. The Kier molecular flexibility index (Phi) is 8.31. The normalized spacial score (nSPS) is 11.2. The Morgan fingerprint density at radius 1 is 1.03 bits per heavy atom. The third kappa shape index (κ3) is 6.63. The molecule has 32 heavy (non-hydrogen) atoms. The summed E-state index contributed by atoms with van der Waals surface area (Å²) in [5, 5.41) is 9.46. The lowest BCUT2D eigenvalue weighted by molar-refractivity contribution is 0.0948. The third-order valence-corrected chi connectivity index (χ3v) is 4.85. The summed E-state index contributed by atoms with van der Waals surface area (Å²) >= 11 is 0. The fraction of sp³-hybridized carbons (Fsp3) is 0.280. The number of benzene rings is 2. The molecular weight excluding hydrogens is 404 g/mol. The van der Waals surface area contributed by atoms with Gasteiger partial charge in [0, 0.05) is 24.2 Å². The number of aryl methyl sites for hydroxylation is 1. The first-order valence-corrected chi connectivity index (χ1v) is 10.6. The molecule has 3 rings (SSSR count). The average Bonchev–Trinajstić information content (AvgIpc) is 3.33. The molecule has 1 heterocycles. The second-order valence-corrected chi connectivity index (χ2v) is 7.33. The van der Waals surface area contributed by atoms with E-state index in [-0.39, 0.29) is 5.91 Å². The van der Waals surface area contributed by atoms with Gasteiger partial charge in [0.15, 0.2) is 5.96 Å². The molecule has 3 N–H and O–H groups in total. The Bertz CT molecular complexity index is 1050. The van der Waals surface area contributed by atoms with Gasteiger partial charge in [0.1, 0.15) is 11.5 Å². The van der Waals surface area contributed by atoms with Crippen LogP contribution in [0.2, 0.25) is 0 Å². The molecule has 0 aliphatic heterocycles. The Hall–Kier alpha value is -3.74. The topological polar surface area (TPSA) is 87.9 Å². The van der Waals surface area contributed by atoms with Crippen molar-refractivity contribution in [1.82, 2.24) is 16.0 Å². The van der Waals surface area contributed by atoms with E-state index in [2.05, 4.69) is 33.1 Å². The zero-order valence-electron chi connectivity index (χ0n) is 18.8. The van der Waals surface area contributed by atoms with Crippen molar-refractivity contribution in [2.45, 2.75) is 33.5 Å². The molecule has 0 unspecified atom stereocenters. The molecule has 0 spiro atoms. The van der Waals surface area contributed by atoms with E-state index in [4.69, 9.17) is 9.15 Å². The van der Waals surface area contributed by atoms with Crippen LogP contribution in [0.1, 0.15) is 39.7 Å². The van der Waals surface area contributed by atoms with Crippen molar-refractivity contribution in [2.75, 3.05) is 13.7 Å². The summed E-state index contributed by atoms with van der Waals surface area (Å²) in [5.41, 5.74) is 3.74. The monoisotopic (exact) mass is 434 g/mol. The van der Waals surface area contributed by atoms with Crippen LogP contribution in [0.4, 0.5) is 0 Å². The number of ether oxygens (including phenoxy) is 1. The molecule has 0 radical (unpaired) electrons. The van der Waals surface area contributed by atoms with Crippen molar-refractivity contribution >= 4 is 11.9 Å². The third-order valence-electron chi connectivity index (χ3n) is 4.85. The lowest BCUT2D eigenvalue weighted by atomic mass is 10.1. The van der Waals surface area contributed by atoms with Crippen molar-refractivity contribution < 1.29 is 13.9 Å². The highest BCUT2D eigenvalue weighted by molar-refractivity contribution is 5.94. The number of hydrogen-bond donors (Lipinski definition) is 3. The van der Waals surface area contributed by atoms with Gasteiger partial charge in [-0.05, 0) is 55.3 Å². The van der Waals surface area contributed by atoms with Gasteiger partial charge in [0.2, 0.25) is 0 Å². The number of aliphatic imine (C=N–C) groups is 1. The van der Waals surface area contributed by atoms with Gasteiger partial charge in [-0.3, -0.25) is 4.79 Å². The van der Waals surface area contributed by atoms with Crippen LogP contribution >= 0.6 is 0 Å². The second-order valence-electron chi connectivity index (χ2n) is 7.33. The molecule has 2 aromatic carbocycles. The molecule has 0 saturated heterocycles. The number of hydrogen-bond acceptors (Lipinski definition) is 4. The SMILES string of the molecule is CCNC(=NCc1cccc(C(=O)NCc2ccco2)c1)NCc1ccc(C)cc1OC. The molecule has 0 fully saturated rings. The summed E-state index contributed by atoms with van der Waals surface area (Å²) < 4.78 is 10.7. The molecule has 0 saturated carbocycles. The molecule has 0 atom stereocenters. The van der Waals surface area contributed by atoms with Crippen molar-refractivity contribution in [3.8, 4) is 5.75 Å². The maximum Gasteiger partial charge on any atom is 0.251 e. The van der Waals surface area contributed by atoms with Crippen LogP contribution in [0.5, 0.6) is 5.75 Å². The molecular formula is C25H30N4O3. The molecule has 0 aliphatic rings. The van der Waals surface area contributed by atoms with Crippen molar-refractivity contribution in [3.05, 3.63) is 88.9 Å². The van der Waals surface area contributed by atoms with E-state index in [0.29, 0.717) is 36.9 Å². The quantitative estimate of drug-likeness (QED) is 0.352. The number of nitrogens with one attached hydrogen (secondary N) is 3. The standard InChI is InChI=1S/C25H30N4O3/c1-4-26-25(29-16-21-11-10-18(2)13-23(21)31-3)28-15-19-7-5-8-20(14-19)24(30)27-17-22-9-6-12-32-22/h5-14H,4,15-17H2,1-3H3,(H,27,30)(H2,26,28,29). The summed E-state index contributed by atoms with van der Waals surface area (Å²) in [7, 11) is 1.68. The van der Waals surface area contributed by atoms with Gasteiger partial charge in [0.05, 0.1) is 26.5 Å². The first-order chi connectivity index (χ1) is 15.6. The molecule has 1 amide bonds. The highest BCUT2D eigenvalue weighted by Crippen LogP contribution is 2.19. The highest BCUT2D eigenvalue weighted by atomic mass is 16.5. The summed E-state index contributed by atoms with van der Waals surface area (Å²) in [5.74, 6) is 2.11. The zero-order chi connectivity index (χ0) is 22.8. The molecule has 168 valence electrons. The molecule has 7 heteroatoms. The minimum absolute atomic E-state index is 0.149. The Labute approximate surface area is 188 Å². The highest BCUT2D eigenvalue weighted by Gasteiger charge is 2.08. The van der Waals surface area contributed by atoms with Gasteiger partial charge >= 0.3 is 0 Å². The predicted molar refractivity (Wildman–Crippen MR) is 126 cm³/mol. The van der Waals surface area contributed by atoms with Crippen LogP contribution in [0.3, 0.4) is 0 Å². The number of furan rings is 1. The van der Waals surface area contributed by atoms with Crippen LogP contribution < -0.4 is 20.7 Å². The summed E-state index contributed by atoms with van der Waals surface area (Å²) in [6.45, 7) is 6.19. The summed E-state index contributed by atoms with van der Waals surface area (Å²) in [6, 6.07) is 17.2. The van der Waals surface area contributed by atoms with E-state index in [0.717, 1.165) is 29.0 Å². The number of guanidine groups is 1. The van der Waals surface area contributed by atoms with E-state index >= 15 is 0 Å². The summed E-state index contributed by atoms with van der Waals surface area (Å²) in [6.07, 6.45) is 1.59. The van der Waals surface area contributed by atoms with Crippen LogP contribution in [0.25, 0.3) is 0 Å². The van der Waals surface area contributed by atoms with Gasteiger partial charge in [-0.25, -0.2) is 4.99 Å². The number of carbonyl (C=O) groups excluding carboxylic acids is 1. The van der Waals surface area contributed by atoms with Crippen molar-refractivity contribution in [2.24, 2.45) is 4.99 Å². The number of methoxy groups -OCH3 is 1. The largest absolute Gasteiger partial charge is 0.496 e. The Morgan fingerprint density at radius 3 is 2.66 bits per heavy atom. The first-order valence-electron chi connectivity index (χ1n) is 10.6. The predicted octanol–water partition coefficient (Wildman–Crippen LogP) is 3.78. The fourth-order valence-corrected chi connectivity index (χ4v) is 3.18. The number of amides is 1. The Balaban J connectivity index is 1.62. The lowest BCUT2D eigenvalue weighted by Gasteiger charge is -2.14. The number of carbonyl (C=O) groups is 1. The maximum atomic E-state index is 12.5. The van der Waals surface area contributed by atoms with Gasteiger partial charge in [-0.2, -0.15) is 0 Å². The van der Waals surface area contributed by atoms with E-state index < -0.39 is 0 Å². The molecule has 3 aromatic rings. The number of rotatable bonds is 9. The van der Waals surface area contributed by atoms with Crippen LogP contribution in [0, 0.1) is 6.92 Å². The first kappa shape index (κ1) is 22.9. The second kappa shape index (κ2) is 11.6. The van der Waals surface area contributed by atoms with Crippen molar-refractivity contribution in [1.29, 1.82) is 0 Å².